The van der Waals surface area contributed by atoms with Gasteiger partial charge in [-0.15, -0.1) is 0 Å². The summed E-state index contributed by atoms with van der Waals surface area (Å²) in [6.45, 7) is 4.25. The number of rotatable bonds is 4. The predicted molar refractivity (Wildman–Crippen MR) is 79.3 cm³/mol. The minimum atomic E-state index is -1.02. The van der Waals surface area contributed by atoms with Gasteiger partial charge >= 0.3 is 0 Å². The molecule has 0 heterocycles. The monoisotopic (exact) mass is 253 g/mol. The Kier molecular flexibility index (Phi) is 4.13. The van der Waals surface area contributed by atoms with Crippen LogP contribution >= 0.6 is 0 Å². The molecule has 0 aliphatic heterocycles. The number of aliphatic imine (C=N–C) groups is 1. The van der Waals surface area contributed by atoms with Crippen LogP contribution in [0, 0.1) is 0 Å². The molecule has 2 aromatic carbocycles. The first-order valence-corrected chi connectivity index (χ1v) is 6.44. The lowest BCUT2D eigenvalue weighted by Gasteiger charge is -2.24. The van der Waals surface area contributed by atoms with Gasteiger partial charge in [-0.3, -0.25) is 4.99 Å². The Bertz CT molecular complexity index is 544. The number of hydrogen-bond donors (Lipinski definition) is 1. The molecule has 0 aromatic heterocycles. The highest BCUT2D eigenvalue weighted by molar-refractivity contribution is 5.90. The van der Waals surface area contributed by atoms with E-state index in [9.17, 15) is 5.11 Å². The fraction of sp³-hybridized carbons (Fsp3) is 0.235. The summed E-state index contributed by atoms with van der Waals surface area (Å²) < 4.78 is 0. The molecule has 0 aliphatic carbocycles. The van der Waals surface area contributed by atoms with E-state index in [2.05, 4.69) is 4.99 Å². The van der Waals surface area contributed by atoms with Crippen molar-refractivity contribution >= 4 is 5.71 Å². The molecule has 1 N–H and O–H groups in total. The molecular weight excluding hydrogens is 234 g/mol. The lowest BCUT2D eigenvalue weighted by Crippen LogP contribution is -2.30. The average Bonchev–Trinajstić information content (AvgIpc) is 2.46. The molecule has 2 aromatic rings. The highest BCUT2D eigenvalue weighted by Gasteiger charge is 2.26. The van der Waals surface area contributed by atoms with Crippen molar-refractivity contribution < 1.29 is 5.11 Å². The molecule has 0 bridgehead atoms. The molecule has 2 heteroatoms. The second kappa shape index (κ2) is 5.81. The van der Waals surface area contributed by atoms with Crippen LogP contribution in [0.15, 0.2) is 65.7 Å². The second-order valence-corrected chi connectivity index (χ2v) is 4.83. The third-order valence-corrected chi connectivity index (χ3v) is 3.38. The lowest BCUT2D eigenvalue weighted by atomic mass is 9.91. The first-order valence-electron chi connectivity index (χ1n) is 6.44. The fourth-order valence-corrected chi connectivity index (χ4v) is 1.92. The minimum Gasteiger partial charge on any atom is -0.379 e. The van der Waals surface area contributed by atoms with Crippen molar-refractivity contribution in [2.45, 2.75) is 26.0 Å². The highest BCUT2D eigenvalue weighted by Crippen LogP contribution is 2.22. The van der Waals surface area contributed by atoms with Crippen LogP contribution < -0.4 is 0 Å². The molecule has 0 spiro atoms. The van der Waals surface area contributed by atoms with Crippen molar-refractivity contribution in [3.63, 3.8) is 0 Å². The van der Waals surface area contributed by atoms with Crippen LogP contribution in [0.4, 0.5) is 0 Å². The Hall–Kier alpha value is -1.93. The van der Waals surface area contributed by atoms with E-state index in [4.69, 9.17) is 0 Å². The average molecular weight is 253 g/mol. The number of nitrogens with zero attached hydrogens (tertiary/aromatic N) is 1. The van der Waals surface area contributed by atoms with Gasteiger partial charge in [0.05, 0.1) is 6.54 Å². The summed E-state index contributed by atoms with van der Waals surface area (Å²) in [6.07, 6.45) is 0. The summed E-state index contributed by atoms with van der Waals surface area (Å²) >= 11 is 0. The standard InChI is InChI=1S/C17H19NO/c1-14(18-13-15-9-5-3-6-10-15)17(2,19)16-11-7-4-8-12-16/h3-12,19H,13H2,1-2H3. The molecule has 1 atom stereocenters. The molecule has 2 rings (SSSR count). The van der Waals surface area contributed by atoms with Gasteiger partial charge in [-0.2, -0.15) is 0 Å². The van der Waals surface area contributed by atoms with E-state index in [1.807, 2.05) is 67.6 Å². The number of hydrogen-bond acceptors (Lipinski definition) is 2. The van der Waals surface area contributed by atoms with Crippen LogP contribution in [0.25, 0.3) is 0 Å². The Morgan fingerprint density at radius 3 is 2.11 bits per heavy atom. The zero-order valence-corrected chi connectivity index (χ0v) is 11.4. The highest BCUT2D eigenvalue weighted by atomic mass is 16.3. The van der Waals surface area contributed by atoms with Crippen LogP contribution in [0.1, 0.15) is 25.0 Å². The quantitative estimate of drug-likeness (QED) is 0.830. The van der Waals surface area contributed by atoms with Gasteiger partial charge in [-0.05, 0) is 25.0 Å². The SMILES string of the molecule is CC(=NCc1ccccc1)C(C)(O)c1ccccc1. The Labute approximate surface area is 114 Å². The van der Waals surface area contributed by atoms with E-state index in [1.54, 1.807) is 6.92 Å². The minimum absolute atomic E-state index is 0.593. The van der Waals surface area contributed by atoms with Crippen molar-refractivity contribution in [1.29, 1.82) is 0 Å². The molecule has 0 fully saturated rings. The third kappa shape index (κ3) is 3.30. The third-order valence-electron chi connectivity index (χ3n) is 3.38. The smallest absolute Gasteiger partial charge is 0.124 e. The van der Waals surface area contributed by atoms with Gasteiger partial charge in [0.1, 0.15) is 5.60 Å². The summed E-state index contributed by atoms with van der Waals surface area (Å²) in [7, 11) is 0. The van der Waals surface area contributed by atoms with Gasteiger partial charge < -0.3 is 5.11 Å². The van der Waals surface area contributed by atoms with Crippen molar-refractivity contribution in [1.82, 2.24) is 0 Å². The Morgan fingerprint density at radius 2 is 1.53 bits per heavy atom. The molecule has 2 nitrogen and oxygen atoms in total. The molecular formula is C17H19NO. The Balaban J connectivity index is 2.16. The molecule has 98 valence electrons. The first-order chi connectivity index (χ1) is 9.10. The molecule has 19 heavy (non-hydrogen) atoms. The van der Waals surface area contributed by atoms with Crippen LogP contribution in [0.3, 0.4) is 0 Å². The summed E-state index contributed by atoms with van der Waals surface area (Å²) in [5, 5.41) is 10.6. The van der Waals surface area contributed by atoms with Crippen molar-refractivity contribution in [3.05, 3.63) is 71.8 Å². The van der Waals surface area contributed by atoms with Crippen LogP contribution in [-0.4, -0.2) is 10.8 Å². The van der Waals surface area contributed by atoms with E-state index in [0.29, 0.717) is 6.54 Å². The number of benzene rings is 2. The van der Waals surface area contributed by atoms with E-state index in [1.165, 1.54) is 0 Å². The fourth-order valence-electron chi connectivity index (χ4n) is 1.92. The van der Waals surface area contributed by atoms with Crippen LogP contribution in [0.2, 0.25) is 0 Å². The lowest BCUT2D eigenvalue weighted by molar-refractivity contribution is 0.132. The molecule has 0 saturated carbocycles. The van der Waals surface area contributed by atoms with E-state index in [0.717, 1.165) is 16.8 Å². The van der Waals surface area contributed by atoms with Crippen molar-refractivity contribution in [2.75, 3.05) is 0 Å². The molecule has 0 amide bonds. The van der Waals surface area contributed by atoms with E-state index in [-0.39, 0.29) is 0 Å². The van der Waals surface area contributed by atoms with Gasteiger partial charge in [0.2, 0.25) is 0 Å². The largest absolute Gasteiger partial charge is 0.379 e. The summed E-state index contributed by atoms with van der Waals surface area (Å²) in [5.41, 5.74) is 1.72. The molecule has 1 unspecified atom stereocenters. The van der Waals surface area contributed by atoms with E-state index < -0.39 is 5.60 Å². The summed E-state index contributed by atoms with van der Waals surface area (Å²) in [5.74, 6) is 0. The second-order valence-electron chi connectivity index (χ2n) is 4.83. The zero-order valence-electron chi connectivity index (χ0n) is 11.4. The maximum Gasteiger partial charge on any atom is 0.124 e. The van der Waals surface area contributed by atoms with Gasteiger partial charge in [-0.25, -0.2) is 0 Å². The van der Waals surface area contributed by atoms with Gasteiger partial charge in [-0.1, -0.05) is 60.7 Å². The van der Waals surface area contributed by atoms with Gasteiger partial charge in [0.25, 0.3) is 0 Å². The number of aliphatic hydroxyl groups is 1. The summed E-state index contributed by atoms with van der Waals surface area (Å²) in [4.78, 5) is 4.51. The molecule has 0 aliphatic rings. The summed E-state index contributed by atoms with van der Waals surface area (Å²) in [6, 6.07) is 19.7. The normalized spacial score (nSPS) is 15.0. The molecule has 0 saturated heterocycles. The topological polar surface area (TPSA) is 32.6 Å². The van der Waals surface area contributed by atoms with E-state index >= 15 is 0 Å². The maximum atomic E-state index is 10.6. The zero-order chi connectivity index (χ0) is 13.7. The first kappa shape index (κ1) is 13.5. The predicted octanol–water partition coefficient (Wildman–Crippen LogP) is 3.56. The van der Waals surface area contributed by atoms with Crippen LogP contribution in [0.5, 0.6) is 0 Å². The van der Waals surface area contributed by atoms with Crippen molar-refractivity contribution in [2.24, 2.45) is 4.99 Å². The van der Waals surface area contributed by atoms with Crippen molar-refractivity contribution in [3.8, 4) is 0 Å². The van der Waals surface area contributed by atoms with Gasteiger partial charge in [0, 0.05) is 5.71 Å². The Morgan fingerprint density at radius 1 is 1.00 bits per heavy atom. The van der Waals surface area contributed by atoms with Gasteiger partial charge in [0.15, 0.2) is 0 Å². The van der Waals surface area contributed by atoms with Crippen LogP contribution in [-0.2, 0) is 12.1 Å². The molecule has 0 radical (unpaired) electrons. The maximum absolute atomic E-state index is 10.6.